The van der Waals surface area contributed by atoms with Crippen LogP contribution in [-0.2, 0) is 0 Å². The second-order valence-electron chi connectivity index (χ2n) is 1.28. The van der Waals surface area contributed by atoms with Gasteiger partial charge < -0.3 is 0 Å². The highest BCUT2D eigenvalue weighted by molar-refractivity contribution is 6.32. The summed E-state index contributed by atoms with van der Waals surface area (Å²) in [5.41, 5.74) is 0. The van der Waals surface area contributed by atoms with E-state index in [9.17, 15) is 0 Å². The van der Waals surface area contributed by atoms with Gasteiger partial charge in [0.2, 0.25) is 0 Å². The third kappa shape index (κ3) is 1.16. The fraction of sp³-hybridized carbons (Fsp3) is 0. The second kappa shape index (κ2) is 1.94. The van der Waals surface area contributed by atoms with Gasteiger partial charge in [0.1, 0.15) is 0 Å². The standard InChI is InChI=1S/C6H5Si/c7-6-4-2-1-3-5-6/h1-5H/i4D. The highest BCUT2D eigenvalue weighted by Gasteiger charge is 1.72. The lowest BCUT2D eigenvalue weighted by atomic mass is 10.4. The lowest BCUT2D eigenvalue weighted by molar-refractivity contribution is 1.78. The molecule has 1 rings (SSSR count). The summed E-state index contributed by atoms with van der Waals surface area (Å²) in [5.74, 6) is 0. The van der Waals surface area contributed by atoms with Gasteiger partial charge in [-0.3, -0.25) is 0 Å². The van der Waals surface area contributed by atoms with E-state index in [4.69, 9.17) is 1.37 Å². The Balaban J connectivity index is 3.13. The summed E-state index contributed by atoms with van der Waals surface area (Å²) in [4.78, 5) is 0. The van der Waals surface area contributed by atoms with Crippen molar-refractivity contribution in [1.82, 2.24) is 0 Å². The van der Waals surface area contributed by atoms with E-state index in [0.29, 0.717) is 6.04 Å². The van der Waals surface area contributed by atoms with Gasteiger partial charge in [0.15, 0.2) is 0 Å². The summed E-state index contributed by atoms with van der Waals surface area (Å²) in [6, 6.07) is 7.85. The van der Waals surface area contributed by atoms with Crippen molar-refractivity contribution in [2.75, 3.05) is 0 Å². The Hall–Kier alpha value is -0.563. The first-order valence-electron chi connectivity index (χ1n) is 2.58. The molecule has 0 aromatic heterocycles. The fourth-order valence-electron chi connectivity index (χ4n) is 0.393. The number of benzene rings is 1. The Kier molecular flexibility index (Phi) is 0.951. The minimum Gasteiger partial charge on any atom is -0.0674 e. The molecule has 0 bridgehead atoms. The van der Waals surface area contributed by atoms with E-state index in [1.165, 1.54) is 0 Å². The van der Waals surface area contributed by atoms with Crippen LogP contribution in [0.15, 0.2) is 30.3 Å². The molecule has 3 radical (unpaired) electrons. The van der Waals surface area contributed by atoms with E-state index < -0.39 is 0 Å². The van der Waals surface area contributed by atoms with Gasteiger partial charge in [-0.15, -0.1) is 0 Å². The maximum atomic E-state index is 7.17. The molecule has 0 unspecified atom stereocenters. The molecule has 1 heteroatoms. The zero-order chi connectivity index (χ0) is 5.98. The monoisotopic (exact) mass is 106 g/mol. The van der Waals surface area contributed by atoms with Crippen LogP contribution in [0.2, 0.25) is 0 Å². The van der Waals surface area contributed by atoms with E-state index >= 15 is 0 Å². The Morgan fingerprint density at radius 3 is 2.71 bits per heavy atom. The molecule has 0 atom stereocenters. The van der Waals surface area contributed by atoms with Gasteiger partial charge in [-0.1, -0.05) is 35.5 Å². The molecular weight excluding hydrogens is 100 g/mol. The molecule has 0 N–H and O–H groups in total. The van der Waals surface area contributed by atoms with Gasteiger partial charge >= 0.3 is 0 Å². The molecule has 0 aliphatic carbocycles. The lowest BCUT2D eigenvalue weighted by Crippen LogP contribution is -1.97. The summed E-state index contributed by atoms with van der Waals surface area (Å²) >= 11 is 0. The molecule has 0 saturated heterocycles. The summed E-state index contributed by atoms with van der Waals surface area (Å²) in [5, 5.41) is 0.840. The molecule has 0 heterocycles. The van der Waals surface area contributed by atoms with Crippen molar-refractivity contribution in [3.8, 4) is 0 Å². The largest absolute Gasteiger partial charge is 0.0711 e. The predicted octanol–water partition coefficient (Wildman–Crippen LogP) is 0.480. The molecule has 0 nitrogen and oxygen atoms in total. The first-order chi connectivity index (χ1) is 3.80. The van der Waals surface area contributed by atoms with Crippen LogP contribution in [0.4, 0.5) is 0 Å². The van der Waals surface area contributed by atoms with Gasteiger partial charge in [-0.2, -0.15) is 0 Å². The molecule has 0 fully saturated rings. The van der Waals surface area contributed by atoms with Crippen molar-refractivity contribution in [3.05, 3.63) is 30.3 Å². The summed E-state index contributed by atoms with van der Waals surface area (Å²) in [6.07, 6.45) is 0. The van der Waals surface area contributed by atoms with Crippen LogP contribution in [0.25, 0.3) is 0 Å². The van der Waals surface area contributed by atoms with Crippen LogP contribution < -0.4 is 5.19 Å². The van der Waals surface area contributed by atoms with E-state index in [2.05, 4.69) is 10.2 Å². The molecule has 0 amide bonds. The Bertz CT molecular complexity index is 165. The van der Waals surface area contributed by atoms with Crippen molar-refractivity contribution >= 4 is 15.4 Å². The lowest BCUT2D eigenvalue weighted by Gasteiger charge is -1.82. The van der Waals surface area contributed by atoms with Crippen molar-refractivity contribution in [2.45, 2.75) is 0 Å². The summed E-state index contributed by atoms with van der Waals surface area (Å²) < 4.78 is 7.17. The fourth-order valence-corrected chi connectivity index (χ4v) is 0.573. The Labute approximate surface area is 48.0 Å². The van der Waals surface area contributed by atoms with Gasteiger partial charge in [0.05, 0.1) is 11.6 Å². The minimum absolute atomic E-state index is 0.532. The zero-order valence-corrected chi connectivity index (χ0v) is 4.81. The quantitative estimate of drug-likeness (QED) is 0.422. The van der Waals surface area contributed by atoms with E-state index in [0.717, 1.165) is 5.19 Å². The van der Waals surface area contributed by atoms with Crippen LogP contribution in [0.3, 0.4) is 0 Å². The Morgan fingerprint density at radius 1 is 1.43 bits per heavy atom. The average Bonchev–Trinajstić information content (AvgIpc) is 1.77. The SMILES string of the molecule is [2H]c1ccccc1[Si]. The van der Waals surface area contributed by atoms with E-state index in [1.807, 2.05) is 18.2 Å². The van der Waals surface area contributed by atoms with Gasteiger partial charge in [-0.05, 0) is 0 Å². The molecular formula is C6H5Si. The molecule has 0 spiro atoms. The number of rotatable bonds is 0. The highest BCUT2D eigenvalue weighted by atomic mass is 28.1. The maximum absolute atomic E-state index is 7.17. The molecule has 0 aliphatic heterocycles. The van der Waals surface area contributed by atoms with E-state index in [-0.39, 0.29) is 0 Å². The van der Waals surface area contributed by atoms with Gasteiger partial charge in [-0.25, -0.2) is 0 Å². The van der Waals surface area contributed by atoms with Crippen molar-refractivity contribution in [2.24, 2.45) is 0 Å². The third-order valence-electron chi connectivity index (χ3n) is 0.709. The van der Waals surface area contributed by atoms with Gasteiger partial charge in [0, 0.05) is 0 Å². The van der Waals surface area contributed by atoms with Crippen LogP contribution in [-0.4, -0.2) is 10.2 Å². The van der Waals surface area contributed by atoms with Gasteiger partial charge in [0.25, 0.3) is 0 Å². The smallest absolute Gasteiger partial charge is 0.0674 e. The highest BCUT2D eigenvalue weighted by Crippen LogP contribution is 1.76. The molecule has 1 aromatic rings. The molecule has 7 heavy (non-hydrogen) atoms. The first kappa shape index (κ1) is 3.44. The number of hydrogen-bond acceptors (Lipinski definition) is 0. The summed E-state index contributed by atoms with van der Waals surface area (Å²) in [7, 11) is 3.25. The predicted molar refractivity (Wildman–Crippen MR) is 31.8 cm³/mol. The van der Waals surface area contributed by atoms with E-state index in [1.54, 1.807) is 6.07 Å². The minimum atomic E-state index is 0.532. The maximum Gasteiger partial charge on any atom is 0.0711 e. The zero-order valence-electron chi connectivity index (χ0n) is 4.81. The molecule has 1 aromatic carbocycles. The molecule has 33 valence electrons. The molecule has 0 aliphatic rings. The first-order valence-corrected chi connectivity index (χ1v) is 2.58. The van der Waals surface area contributed by atoms with Crippen molar-refractivity contribution in [1.29, 1.82) is 0 Å². The van der Waals surface area contributed by atoms with Crippen molar-refractivity contribution < 1.29 is 1.37 Å². The average molecular weight is 106 g/mol. The van der Waals surface area contributed by atoms with Crippen LogP contribution >= 0.6 is 0 Å². The molecule has 0 saturated carbocycles. The van der Waals surface area contributed by atoms with Crippen LogP contribution in [0.5, 0.6) is 0 Å². The normalized spacial score (nSPS) is 10.7. The van der Waals surface area contributed by atoms with Crippen LogP contribution in [0, 0.1) is 0 Å². The van der Waals surface area contributed by atoms with Crippen LogP contribution in [0.1, 0.15) is 1.37 Å². The Morgan fingerprint density at radius 2 is 2.29 bits per heavy atom. The second-order valence-corrected chi connectivity index (χ2v) is 1.81. The number of hydrogen-bond donors (Lipinski definition) is 0. The third-order valence-corrected chi connectivity index (χ3v) is 1.02. The topological polar surface area (TPSA) is 0 Å². The van der Waals surface area contributed by atoms with Crippen molar-refractivity contribution in [3.63, 3.8) is 0 Å². The summed E-state index contributed by atoms with van der Waals surface area (Å²) in [6.45, 7) is 0.